The van der Waals surface area contributed by atoms with Crippen molar-refractivity contribution in [1.82, 2.24) is 10.6 Å². The van der Waals surface area contributed by atoms with Gasteiger partial charge in [0.25, 0.3) is 0 Å². The van der Waals surface area contributed by atoms with Crippen LogP contribution in [0.1, 0.15) is 34.5 Å². The molecule has 5 heteroatoms. The summed E-state index contributed by atoms with van der Waals surface area (Å²) in [6, 6.07) is 13.8. The Kier molecular flexibility index (Phi) is 4.91. The van der Waals surface area contributed by atoms with E-state index in [0.29, 0.717) is 16.3 Å². The van der Waals surface area contributed by atoms with Gasteiger partial charge >= 0.3 is 6.03 Å². The molecule has 2 atom stereocenters. The molecule has 0 unspecified atom stereocenters. The number of aryl methyl sites for hydroxylation is 1. The van der Waals surface area contributed by atoms with Crippen LogP contribution in [0.25, 0.3) is 0 Å². The Morgan fingerprint density at radius 3 is 2.36 bits per heavy atom. The van der Waals surface area contributed by atoms with E-state index in [1.54, 1.807) is 24.3 Å². The number of ketones is 1. The van der Waals surface area contributed by atoms with Gasteiger partial charge in [0.1, 0.15) is 0 Å². The second-order valence-corrected chi connectivity index (χ2v) is 6.48. The largest absolute Gasteiger partial charge is 0.330 e. The van der Waals surface area contributed by atoms with Crippen molar-refractivity contribution in [2.75, 3.05) is 0 Å². The third-order valence-corrected chi connectivity index (χ3v) is 4.68. The maximum atomic E-state index is 13.0. The van der Waals surface area contributed by atoms with Crippen molar-refractivity contribution < 1.29 is 9.59 Å². The fraction of sp³-hybridized carbons (Fsp3) is 0.200. The summed E-state index contributed by atoms with van der Waals surface area (Å²) in [5, 5.41) is 6.04. The molecule has 2 aromatic rings. The molecule has 25 heavy (non-hydrogen) atoms. The van der Waals surface area contributed by atoms with E-state index in [4.69, 9.17) is 11.6 Å². The van der Waals surface area contributed by atoms with Crippen LogP contribution in [0.4, 0.5) is 4.79 Å². The standard InChI is InChI=1S/C20H19ClN2O2/c1-3-13-4-6-14(7-5-13)18-17(12(2)22-20(25)23-18)19(24)15-8-10-16(21)11-9-15/h4-11,17-18H,2-3H2,1H3,(H2,22,23,25)/t17-,18+/m1/s1. The van der Waals surface area contributed by atoms with E-state index in [1.807, 2.05) is 24.3 Å². The summed E-state index contributed by atoms with van der Waals surface area (Å²) in [6.45, 7) is 5.98. The number of carbonyl (C=O) groups excluding carboxylic acids is 2. The van der Waals surface area contributed by atoms with Crippen molar-refractivity contribution in [2.24, 2.45) is 5.92 Å². The lowest BCUT2D eigenvalue weighted by Crippen LogP contribution is -2.50. The van der Waals surface area contributed by atoms with Crippen molar-refractivity contribution >= 4 is 23.4 Å². The van der Waals surface area contributed by atoms with E-state index in [2.05, 4.69) is 24.1 Å². The average molecular weight is 355 g/mol. The Labute approximate surface area is 151 Å². The third-order valence-electron chi connectivity index (χ3n) is 4.43. The van der Waals surface area contributed by atoms with Gasteiger partial charge in [-0.15, -0.1) is 0 Å². The number of carbonyl (C=O) groups is 2. The topological polar surface area (TPSA) is 58.2 Å². The molecule has 0 saturated carbocycles. The van der Waals surface area contributed by atoms with Crippen LogP contribution < -0.4 is 10.6 Å². The molecule has 0 bridgehead atoms. The van der Waals surface area contributed by atoms with Crippen LogP contribution in [0.2, 0.25) is 5.02 Å². The third kappa shape index (κ3) is 3.59. The average Bonchev–Trinajstić information content (AvgIpc) is 2.61. The van der Waals surface area contributed by atoms with Crippen molar-refractivity contribution in [3.63, 3.8) is 0 Å². The Balaban J connectivity index is 1.97. The first-order valence-electron chi connectivity index (χ1n) is 8.14. The van der Waals surface area contributed by atoms with Gasteiger partial charge in [0, 0.05) is 16.3 Å². The van der Waals surface area contributed by atoms with Crippen LogP contribution in [-0.4, -0.2) is 11.8 Å². The molecule has 1 aliphatic rings. The number of benzene rings is 2. The number of Topliss-reactive ketones (excluding diaryl/α,β-unsaturated/α-hetero) is 1. The van der Waals surface area contributed by atoms with E-state index >= 15 is 0 Å². The molecular formula is C20H19ClN2O2. The Bertz CT molecular complexity index is 813. The van der Waals surface area contributed by atoms with Gasteiger partial charge in [0.05, 0.1) is 12.0 Å². The predicted molar refractivity (Wildman–Crippen MR) is 98.6 cm³/mol. The zero-order valence-electron chi connectivity index (χ0n) is 13.9. The second kappa shape index (κ2) is 7.11. The monoisotopic (exact) mass is 354 g/mol. The first-order valence-corrected chi connectivity index (χ1v) is 8.52. The summed E-state index contributed by atoms with van der Waals surface area (Å²) in [4.78, 5) is 25.0. The van der Waals surface area contributed by atoms with Crippen molar-refractivity contribution in [3.8, 4) is 0 Å². The Hall–Kier alpha value is -2.59. The van der Waals surface area contributed by atoms with Crippen molar-refractivity contribution in [2.45, 2.75) is 19.4 Å². The molecule has 2 amide bonds. The van der Waals surface area contributed by atoms with Gasteiger partial charge in [0.2, 0.25) is 0 Å². The quantitative estimate of drug-likeness (QED) is 0.805. The van der Waals surface area contributed by atoms with Gasteiger partial charge in [-0.1, -0.05) is 49.4 Å². The minimum absolute atomic E-state index is 0.112. The summed E-state index contributed by atoms with van der Waals surface area (Å²) in [5.74, 6) is -0.704. The predicted octanol–water partition coefficient (Wildman–Crippen LogP) is 4.27. The van der Waals surface area contributed by atoms with E-state index in [9.17, 15) is 9.59 Å². The first kappa shape index (κ1) is 17.2. The number of amides is 2. The minimum atomic E-state index is -0.591. The van der Waals surface area contributed by atoms with E-state index in [-0.39, 0.29) is 11.8 Å². The summed E-state index contributed by atoms with van der Waals surface area (Å²) in [7, 11) is 0. The van der Waals surface area contributed by atoms with E-state index < -0.39 is 12.0 Å². The number of nitrogens with one attached hydrogen (secondary N) is 2. The molecule has 2 N–H and O–H groups in total. The summed E-state index contributed by atoms with van der Waals surface area (Å²) in [6.07, 6.45) is 0.929. The maximum absolute atomic E-state index is 13.0. The first-order chi connectivity index (χ1) is 12.0. The number of urea groups is 1. The second-order valence-electron chi connectivity index (χ2n) is 6.05. The fourth-order valence-corrected chi connectivity index (χ4v) is 3.15. The van der Waals surface area contributed by atoms with E-state index in [0.717, 1.165) is 12.0 Å². The van der Waals surface area contributed by atoms with Crippen LogP contribution in [0.5, 0.6) is 0 Å². The van der Waals surface area contributed by atoms with Crippen molar-refractivity contribution in [1.29, 1.82) is 0 Å². The molecule has 2 aromatic carbocycles. The number of rotatable bonds is 4. The summed E-state index contributed by atoms with van der Waals surface area (Å²) in [5.41, 5.74) is 3.00. The summed E-state index contributed by atoms with van der Waals surface area (Å²) < 4.78 is 0. The molecule has 1 heterocycles. The lowest BCUT2D eigenvalue weighted by Gasteiger charge is -2.34. The maximum Gasteiger partial charge on any atom is 0.319 e. The SMILES string of the molecule is C=C1NC(=O)N[C@@H](c2ccc(CC)cc2)[C@@H]1C(=O)c1ccc(Cl)cc1. The number of hydrogen-bond donors (Lipinski definition) is 2. The van der Waals surface area contributed by atoms with Crippen LogP contribution in [0.3, 0.4) is 0 Å². The highest BCUT2D eigenvalue weighted by molar-refractivity contribution is 6.30. The van der Waals surface area contributed by atoms with Gasteiger partial charge in [0.15, 0.2) is 5.78 Å². The molecule has 0 radical (unpaired) electrons. The Morgan fingerprint density at radius 1 is 1.12 bits per heavy atom. The van der Waals surface area contributed by atoms with E-state index in [1.165, 1.54) is 5.56 Å². The van der Waals surface area contributed by atoms with Crippen molar-refractivity contribution in [3.05, 3.63) is 82.5 Å². The fourth-order valence-electron chi connectivity index (χ4n) is 3.03. The molecule has 1 saturated heterocycles. The molecule has 4 nitrogen and oxygen atoms in total. The zero-order valence-corrected chi connectivity index (χ0v) is 14.6. The highest BCUT2D eigenvalue weighted by Gasteiger charge is 2.37. The van der Waals surface area contributed by atoms with Gasteiger partial charge in [-0.3, -0.25) is 4.79 Å². The number of halogens is 1. The number of hydrogen-bond acceptors (Lipinski definition) is 2. The van der Waals surface area contributed by atoms with Crippen LogP contribution >= 0.6 is 11.6 Å². The Morgan fingerprint density at radius 2 is 1.76 bits per heavy atom. The zero-order chi connectivity index (χ0) is 18.0. The van der Waals surface area contributed by atoms with Crippen LogP contribution in [0.15, 0.2) is 60.8 Å². The molecule has 1 fully saturated rings. The molecule has 3 rings (SSSR count). The molecular weight excluding hydrogens is 336 g/mol. The lowest BCUT2D eigenvalue weighted by atomic mass is 9.83. The molecule has 1 aliphatic heterocycles. The van der Waals surface area contributed by atoms with Crippen LogP contribution in [0, 0.1) is 5.92 Å². The smallest absolute Gasteiger partial charge is 0.319 e. The normalized spacial score (nSPS) is 19.9. The molecule has 0 aromatic heterocycles. The highest BCUT2D eigenvalue weighted by atomic mass is 35.5. The van der Waals surface area contributed by atoms with Gasteiger partial charge in [-0.2, -0.15) is 0 Å². The lowest BCUT2D eigenvalue weighted by molar-refractivity contribution is 0.0905. The van der Waals surface area contributed by atoms with Gasteiger partial charge in [-0.05, 0) is 41.8 Å². The molecule has 128 valence electrons. The highest BCUT2D eigenvalue weighted by Crippen LogP contribution is 2.32. The molecule has 0 spiro atoms. The van der Waals surface area contributed by atoms with Gasteiger partial charge < -0.3 is 10.6 Å². The minimum Gasteiger partial charge on any atom is -0.330 e. The molecule has 0 aliphatic carbocycles. The van der Waals surface area contributed by atoms with Crippen LogP contribution in [-0.2, 0) is 6.42 Å². The summed E-state index contributed by atoms with van der Waals surface area (Å²) >= 11 is 5.90. The van der Waals surface area contributed by atoms with Gasteiger partial charge in [-0.25, -0.2) is 4.79 Å².